The van der Waals surface area contributed by atoms with Crippen LogP contribution >= 0.6 is 11.6 Å². The first kappa shape index (κ1) is 21.0. The maximum absolute atomic E-state index is 12.4. The molecule has 0 aliphatic carbocycles. The minimum absolute atomic E-state index is 0.0240. The molecule has 3 rings (SSSR count). The van der Waals surface area contributed by atoms with Gasteiger partial charge in [-0.15, -0.1) is 0 Å². The minimum Gasteiger partial charge on any atom is -0.299 e. The van der Waals surface area contributed by atoms with E-state index in [0.717, 1.165) is 43.1 Å². The zero-order valence-corrected chi connectivity index (χ0v) is 16.9. The fraction of sp³-hybridized carbons (Fsp3) is 0.333. The highest BCUT2D eigenvalue weighted by atomic mass is 35.5. The lowest BCUT2D eigenvalue weighted by molar-refractivity contribution is -0.384. The quantitative estimate of drug-likeness (QED) is 0.439. The topological polar surface area (TPSA) is 87.8 Å². The summed E-state index contributed by atoms with van der Waals surface area (Å²) < 4.78 is 0. The van der Waals surface area contributed by atoms with E-state index in [1.807, 2.05) is 24.3 Å². The molecule has 0 unspecified atom stereocenters. The van der Waals surface area contributed by atoms with Crippen molar-refractivity contribution in [3.05, 3.63) is 74.8 Å². The third-order valence-corrected chi connectivity index (χ3v) is 5.36. The third-order valence-electron chi connectivity index (χ3n) is 5.11. The van der Waals surface area contributed by atoms with E-state index in [1.165, 1.54) is 17.7 Å². The van der Waals surface area contributed by atoms with Crippen LogP contribution in [0.5, 0.6) is 0 Å². The molecule has 0 bridgehead atoms. The van der Waals surface area contributed by atoms with Gasteiger partial charge >= 0.3 is 0 Å². The molecular weight excluding hydrogens is 392 g/mol. The maximum atomic E-state index is 12.4. The van der Waals surface area contributed by atoms with Gasteiger partial charge in [-0.05, 0) is 68.2 Å². The van der Waals surface area contributed by atoms with Gasteiger partial charge in [-0.3, -0.25) is 19.8 Å². The van der Waals surface area contributed by atoms with Crippen molar-refractivity contribution in [1.82, 2.24) is 10.3 Å². The van der Waals surface area contributed by atoms with Gasteiger partial charge < -0.3 is 0 Å². The van der Waals surface area contributed by atoms with Crippen LogP contribution in [-0.2, 0) is 11.3 Å². The summed E-state index contributed by atoms with van der Waals surface area (Å²) in [5, 5.41) is 15.6. The Labute approximate surface area is 174 Å². The maximum Gasteiger partial charge on any atom is 0.269 e. The molecule has 0 spiro atoms. The molecule has 1 aliphatic heterocycles. The molecule has 1 N–H and O–H groups in total. The summed E-state index contributed by atoms with van der Waals surface area (Å²) >= 11 is 5.92. The van der Waals surface area contributed by atoms with Crippen molar-refractivity contribution in [1.29, 1.82) is 0 Å². The summed E-state index contributed by atoms with van der Waals surface area (Å²) in [6, 6.07) is 13.9. The van der Waals surface area contributed by atoms with Gasteiger partial charge in [0, 0.05) is 29.6 Å². The van der Waals surface area contributed by atoms with Crippen LogP contribution in [0.4, 0.5) is 5.69 Å². The van der Waals surface area contributed by atoms with E-state index >= 15 is 0 Å². The number of hydrogen-bond donors (Lipinski definition) is 1. The predicted molar refractivity (Wildman–Crippen MR) is 113 cm³/mol. The van der Waals surface area contributed by atoms with E-state index in [9.17, 15) is 14.9 Å². The number of likely N-dealkylation sites (tertiary alicyclic amines) is 1. The number of nitrogens with zero attached hydrogens (tertiary/aromatic N) is 3. The summed E-state index contributed by atoms with van der Waals surface area (Å²) in [6.07, 6.45) is 1.57. The van der Waals surface area contributed by atoms with Crippen molar-refractivity contribution in [2.75, 3.05) is 13.1 Å². The highest BCUT2D eigenvalue weighted by Crippen LogP contribution is 2.20. The molecule has 1 saturated heterocycles. The SMILES string of the molecule is CC(=NNC(=O)C1CCN(Cc2ccc(Cl)cc2)CC1)c1ccc([N+](=O)[O-])cc1. The molecule has 0 radical (unpaired) electrons. The monoisotopic (exact) mass is 414 g/mol. The average molecular weight is 415 g/mol. The lowest BCUT2D eigenvalue weighted by Gasteiger charge is -2.30. The Hall–Kier alpha value is -2.77. The summed E-state index contributed by atoms with van der Waals surface area (Å²) in [7, 11) is 0. The average Bonchev–Trinajstić information content (AvgIpc) is 2.74. The Kier molecular flexibility index (Phi) is 6.95. The molecule has 2 aromatic carbocycles. The van der Waals surface area contributed by atoms with Gasteiger partial charge in [0.05, 0.1) is 10.6 Å². The fourth-order valence-electron chi connectivity index (χ4n) is 3.32. The second kappa shape index (κ2) is 9.62. The Balaban J connectivity index is 1.48. The number of amides is 1. The van der Waals surface area contributed by atoms with E-state index in [4.69, 9.17) is 11.6 Å². The largest absolute Gasteiger partial charge is 0.299 e. The zero-order chi connectivity index (χ0) is 20.8. The van der Waals surface area contributed by atoms with E-state index in [0.29, 0.717) is 5.71 Å². The van der Waals surface area contributed by atoms with E-state index in [-0.39, 0.29) is 17.5 Å². The number of nitrogens with one attached hydrogen (secondary N) is 1. The van der Waals surface area contributed by atoms with Gasteiger partial charge in [-0.1, -0.05) is 23.7 Å². The Morgan fingerprint density at radius 1 is 1.17 bits per heavy atom. The van der Waals surface area contributed by atoms with Crippen molar-refractivity contribution in [2.24, 2.45) is 11.0 Å². The molecule has 29 heavy (non-hydrogen) atoms. The predicted octanol–water partition coefficient (Wildman–Crippen LogP) is 4.00. The van der Waals surface area contributed by atoms with E-state index < -0.39 is 4.92 Å². The second-order valence-electron chi connectivity index (χ2n) is 7.15. The van der Waals surface area contributed by atoms with Crippen LogP contribution in [0.15, 0.2) is 53.6 Å². The lowest BCUT2D eigenvalue weighted by atomic mass is 9.96. The van der Waals surface area contributed by atoms with Gasteiger partial charge in [-0.2, -0.15) is 5.10 Å². The van der Waals surface area contributed by atoms with Gasteiger partial charge in [0.2, 0.25) is 5.91 Å². The highest BCUT2D eigenvalue weighted by molar-refractivity contribution is 6.30. The first-order valence-corrected chi connectivity index (χ1v) is 9.86. The lowest BCUT2D eigenvalue weighted by Crippen LogP contribution is -2.39. The standard InChI is InChI=1S/C21H23ClN4O3/c1-15(17-4-8-20(9-5-17)26(28)29)23-24-21(27)18-10-12-25(13-11-18)14-16-2-6-19(22)7-3-16/h2-9,18H,10-14H2,1H3,(H,24,27). The summed E-state index contributed by atoms with van der Waals surface area (Å²) in [6.45, 7) is 4.32. The number of hydrazone groups is 1. The first-order chi connectivity index (χ1) is 13.9. The van der Waals surface area contributed by atoms with Crippen molar-refractivity contribution in [2.45, 2.75) is 26.3 Å². The minimum atomic E-state index is -0.447. The van der Waals surface area contributed by atoms with Crippen molar-refractivity contribution in [3.63, 3.8) is 0 Å². The fourth-order valence-corrected chi connectivity index (χ4v) is 3.45. The summed E-state index contributed by atoms with van der Waals surface area (Å²) in [5.41, 5.74) is 5.21. The van der Waals surface area contributed by atoms with Gasteiger partial charge in [0.25, 0.3) is 5.69 Å². The van der Waals surface area contributed by atoms with Gasteiger partial charge in [0.1, 0.15) is 0 Å². The van der Waals surface area contributed by atoms with Gasteiger partial charge in [-0.25, -0.2) is 5.43 Å². The van der Waals surface area contributed by atoms with Crippen LogP contribution in [0.3, 0.4) is 0 Å². The zero-order valence-electron chi connectivity index (χ0n) is 16.2. The molecular formula is C21H23ClN4O3. The summed E-state index contributed by atoms with van der Waals surface area (Å²) in [5.74, 6) is -0.151. The smallest absolute Gasteiger partial charge is 0.269 e. The van der Waals surface area contributed by atoms with Gasteiger partial charge in [0.15, 0.2) is 0 Å². The number of nitro groups is 1. The molecule has 0 saturated carbocycles. The summed E-state index contributed by atoms with van der Waals surface area (Å²) in [4.78, 5) is 25.0. The Morgan fingerprint density at radius 3 is 2.38 bits per heavy atom. The normalized spacial score (nSPS) is 15.9. The van der Waals surface area contributed by atoms with E-state index in [1.54, 1.807) is 19.1 Å². The van der Waals surface area contributed by atoms with Crippen molar-refractivity contribution >= 4 is 28.9 Å². The highest BCUT2D eigenvalue weighted by Gasteiger charge is 2.24. The second-order valence-corrected chi connectivity index (χ2v) is 7.59. The van der Waals surface area contributed by atoms with Crippen LogP contribution in [0.1, 0.15) is 30.9 Å². The number of carbonyl (C=O) groups is 1. The molecule has 152 valence electrons. The number of benzene rings is 2. The molecule has 1 fully saturated rings. The number of piperidine rings is 1. The number of non-ortho nitro benzene ring substituents is 1. The van der Waals surface area contributed by atoms with Crippen molar-refractivity contribution in [3.8, 4) is 0 Å². The molecule has 0 aromatic heterocycles. The number of rotatable bonds is 6. The molecule has 1 heterocycles. The number of nitro benzene ring substituents is 1. The number of hydrogen-bond acceptors (Lipinski definition) is 5. The third kappa shape index (κ3) is 5.85. The first-order valence-electron chi connectivity index (χ1n) is 9.48. The molecule has 1 aliphatic rings. The molecule has 7 nitrogen and oxygen atoms in total. The number of carbonyl (C=O) groups excluding carboxylic acids is 1. The number of halogens is 1. The Bertz CT molecular complexity index is 889. The molecule has 2 aromatic rings. The van der Waals surface area contributed by atoms with Crippen LogP contribution in [0.2, 0.25) is 5.02 Å². The van der Waals surface area contributed by atoms with Crippen LogP contribution < -0.4 is 5.43 Å². The molecule has 8 heteroatoms. The molecule has 0 atom stereocenters. The van der Waals surface area contributed by atoms with E-state index in [2.05, 4.69) is 15.4 Å². The van der Waals surface area contributed by atoms with Crippen LogP contribution in [0.25, 0.3) is 0 Å². The van der Waals surface area contributed by atoms with Crippen LogP contribution in [-0.4, -0.2) is 34.5 Å². The molecule has 1 amide bonds. The van der Waals surface area contributed by atoms with Crippen molar-refractivity contribution < 1.29 is 9.72 Å². The van der Waals surface area contributed by atoms with Crippen LogP contribution in [0, 0.1) is 16.0 Å². The Morgan fingerprint density at radius 2 is 1.79 bits per heavy atom.